The molecule has 0 amide bonds. The number of rotatable bonds is 6. The minimum absolute atomic E-state index is 0.111. The molecule has 0 radical (unpaired) electrons. The topological polar surface area (TPSA) is 66.3 Å². The van der Waals surface area contributed by atoms with Crippen molar-refractivity contribution in [3.8, 4) is 0 Å². The van der Waals surface area contributed by atoms with Crippen molar-refractivity contribution in [1.82, 2.24) is 9.97 Å². The Morgan fingerprint density at radius 2 is 1.87 bits per heavy atom. The molecule has 1 aliphatic rings. The van der Waals surface area contributed by atoms with Crippen molar-refractivity contribution < 1.29 is 14.3 Å². The monoisotopic (exact) mass is 469 g/mol. The Kier molecular flexibility index (Phi) is 6.08. The van der Waals surface area contributed by atoms with E-state index in [0.29, 0.717) is 24.5 Å². The highest BCUT2D eigenvalue weighted by atomic mass is 79.9. The van der Waals surface area contributed by atoms with Crippen LogP contribution in [0.5, 0.6) is 0 Å². The molecule has 1 N–H and O–H groups in total. The molecule has 3 aromatic rings. The summed E-state index contributed by atoms with van der Waals surface area (Å²) >= 11 is 3.47. The quantitative estimate of drug-likeness (QED) is 0.536. The smallest absolute Gasteiger partial charge is 0.339 e. The highest BCUT2D eigenvalue weighted by molar-refractivity contribution is 9.10. The molecule has 154 valence electrons. The molecule has 5 nitrogen and oxygen atoms in total. The maximum absolute atomic E-state index is 13.1. The van der Waals surface area contributed by atoms with Crippen LogP contribution in [0.2, 0.25) is 0 Å². The second-order valence-corrected chi connectivity index (χ2v) is 8.28. The second-order valence-electron chi connectivity index (χ2n) is 7.36. The molecule has 30 heavy (non-hydrogen) atoms. The number of carboxylic acid groups (broad SMARTS) is 1. The summed E-state index contributed by atoms with van der Waals surface area (Å²) < 4.78 is 14.2. The average Bonchev–Trinajstić information content (AvgIpc) is 3.23. The Balaban J connectivity index is 1.60. The first-order chi connectivity index (χ1) is 14.5. The molecule has 1 aliphatic heterocycles. The summed E-state index contributed by atoms with van der Waals surface area (Å²) in [5.74, 6) is -0.775. The molecule has 1 aromatic heterocycles. The van der Waals surface area contributed by atoms with Gasteiger partial charge in [-0.05, 0) is 61.1 Å². The summed E-state index contributed by atoms with van der Waals surface area (Å²) in [6.07, 6.45) is 4.45. The number of carboxylic acids is 1. The van der Waals surface area contributed by atoms with Crippen LogP contribution in [-0.2, 0) is 12.8 Å². The third kappa shape index (κ3) is 4.51. The second kappa shape index (κ2) is 8.92. The number of hydrogen-bond acceptors (Lipinski definition) is 4. The average molecular weight is 470 g/mol. The van der Waals surface area contributed by atoms with Crippen molar-refractivity contribution >= 4 is 27.8 Å². The number of aromatic nitrogens is 2. The van der Waals surface area contributed by atoms with Crippen molar-refractivity contribution in [3.05, 3.63) is 87.4 Å². The lowest BCUT2D eigenvalue weighted by molar-refractivity contribution is 0.0694. The van der Waals surface area contributed by atoms with Crippen molar-refractivity contribution in [2.24, 2.45) is 0 Å². The van der Waals surface area contributed by atoms with Gasteiger partial charge in [-0.2, -0.15) is 0 Å². The van der Waals surface area contributed by atoms with E-state index in [4.69, 9.17) is 0 Å². The molecular formula is C23H21BrFN3O2. The van der Waals surface area contributed by atoms with Crippen molar-refractivity contribution in [1.29, 1.82) is 0 Å². The zero-order valence-corrected chi connectivity index (χ0v) is 17.8. The summed E-state index contributed by atoms with van der Waals surface area (Å²) in [6, 6.07) is 14.6. The van der Waals surface area contributed by atoms with Gasteiger partial charge in [-0.15, -0.1) is 0 Å². The largest absolute Gasteiger partial charge is 0.478 e. The number of carbonyl (C=O) groups is 1. The summed E-state index contributed by atoms with van der Waals surface area (Å²) in [7, 11) is 0. The van der Waals surface area contributed by atoms with Crippen LogP contribution >= 0.6 is 15.9 Å². The van der Waals surface area contributed by atoms with Gasteiger partial charge in [0, 0.05) is 17.2 Å². The number of nitrogens with zero attached hydrogens (tertiary/aromatic N) is 3. The molecule has 0 saturated carbocycles. The highest BCUT2D eigenvalue weighted by Gasteiger charge is 2.29. The van der Waals surface area contributed by atoms with Crippen molar-refractivity contribution in [2.75, 3.05) is 11.4 Å². The van der Waals surface area contributed by atoms with Crippen LogP contribution in [0.1, 0.15) is 46.1 Å². The Bertz CT molecular complexity index is 1040. The predicted octanol–water partition coefficient (Wildman–Crippen LogP) is 5.20. The third-order valence-corrected chi connectivity index (χ3v) is 5.94. The van der Waals surface area contributed by atoms with Crippen LogP contribution in [-0.4, -0.2) is 27.6 Å². The fraction of sp³-hybridized carbons (Fsp3) is 0.261. The van der Waals surface area contributed by atoms with Gasteiger partial charge in [-0.25, -0.2) is 19.2 Å². The van der Waals surface area contributed by atoms with Crippen LogP contribution < -0.4 is 4.90 Å². The van der Waals surface area contributed by atoms with E-state index in [2.05, 4.69) is 42.9 Å². The maximum Gasteiger partial charge on any atom is 0.339 e. The lowest BCUT2D eigenvalue weighted by atomic mass is 10.0. The lowest BCUT2D eigenvalue weighted by Crippen LogP contribution is -2.25. The summed E-state index contributed by atoms with van der Waals surface area (Å²) in [4.78, 5) is 22.9. The number of anilines is 1. The zero-order chi connectivity index (χ0) is 21.1. The van der Waals surface area contributed by atoms with E-state index in [1.165, 1.54) is 23.9 Å². The van der Waals surface area contributed by atoms with Gasteiger partial charge in [0.25, 0.3) is 0 Å². The normalized spacial score (nSPS) is 16.1. The van der Waals surface area contributed by atoms with E-state index in [1.807, 2.05) is 12.1 Å². The Hall–Kier alpha value is -2.80. The minimum Gasteiger partial charge on any atom is -0.478 e. The fourth-order valence-electron chi connectivity index (χ4n) is 3.87. The first kappa shape index (κ1) is 20.5. The van der Waals surface area contributed by atoms with Crippen LogP contribution in [0.4, 0.5) is 10.3 Å². The van der Waals surface area contributed by atoms with E-state index in [-0.39, 0.29) is 17.4 Å². The molecular weight excluding hydrogens is 449 g/mol. The minimum atomic E-state index is -1.04. The van der Waals surface area contributed by atoms with Crippen molar-refractivity contribution in [3.63, 3.8) is 0 Å². The molecule has 1 atom stereocenters. The number of aromatic carboxylic acids is 1. The fourth-order valence-corrected chi connectivity index (χ4v) is 4.13. The van der Waals surface area contributed by atoms with Gasteiger partial charge in [0.2, 0.25) is 5.95 Å². The van der Waals surface area contributed by atoms with E-state index in [9.17, 15) is 14.3 Å². The van der Waals surface area contributed by atoms with E-state index in [0.717, 1.165) is 29.4 Å². The molecule has 4 rings (SSSR count). The lowest BCUT2D eigenvalue weighted by Gasteiger charge is -2.25. The number of hydrogen-bond donors (Lipinski definition) is 1. The van der Waals surface area contributed by atoms with Gasteiger partial charge >= 0.3 is 5.97 Å². The first-order valence-electron chi connectivity index (χ1n) is 9.87. The molecule has 2 aromatic carbocycles. The Morgan fingerprint density at radius 3 is 2.57 bits per heavy atom. The maximum atomic E-state index is 13.1. The van der Waals surface area contributed by atoms with Gasteiger partial charge < -0.3 is 10.0 Å². The molecule has 0 spiro atoms. The molecule has 1 saturated heterocycles. The summed E-state index contributed by atoms with van der Waals surface area (Å²) in [5, 5.41) is 9.56. The molecule has 2 heterocycles. The predicted molar refractivity (Wildman–Crippen MR) is 116 cm³/mol. The van der Waals surface area contributed by atoms with E-state index in [1.54, 1.807) is 12.1 Å². The summed E-state index contributed by atoms with van der Waals surface area (Å²) in [6.45, 7) is 0.824. The van der Waals surface area contributed by atoms with Gasteiger partial charge in [0.15, 0.2) is 0 Å². The summed E-state index contributed by atoms with van der Waals surface area (Å²) in [5.41, 5.74) is 2.73. The molecule has 0 bridgehead atoms. The standard InChI is InChI=1S/C23H21BrFN3O2/c24-17-8-6-16(7-9-17)21-2-1-13-28(21)23-26-14-19(22(29)30)20(27-23)12-5-15-3-10-18(25)11-4-15/h3-4,6-11,14,21H,1-2,5,12-13H2,(H,29,30)/t21-/m0/s1. The van der Waals surface area contributed by atoms with Crippen LogP contribution in [0.25, 0.3) is 0 Å². The molecule has 0 aliphatic carbocycles. The molecule has 0 unspecified atom stereocenters. The van der Waals surface area contributed by atoms with Crippen LogP contribution in [0.15, 0.2) is 59.2 Å². The van der Waals surface area contributed by atoms with Crippen LogP contribution in [0.3, 0.4) is 0 Å². The van der Waals surface area contributed by atoms with Crippen molar-refractivity contribution in [2.45, 2.75) is 31.7 Å². The van der Waals surface area contributed by atoms with Gasteiger partial charge in [0.1, 0.15) is 5.82 Å². The number of benzene rings is 2. The molecule has 7 heteroatoms. The zero-order valence-electron chi connectivity index (χ0n) is 16.3. The van der Waals surface area contributed by atoms with Crippen LogP contribution in [0, 0.1) is 5.82 Å². The van der Waals surface area contributed by atoms with E-state index < -0.39 is 5.97 Å². The van der Waals surface area contributed by atoms with E-state index >= 15 is 0 Å². The third-order valence-electron chi connectivity index (χ3n) is 5.41. The van der Waals surface area contributed by atoms with Gasteiger partial charge in [0.05, 0.1) is 17.3 Å². The SMILES string of the molecule is O=C(O)c1cnc(N2CCC[C@H]2c2ccc(Br)cc2)nc1CCc1ccc(F)cc1. The number of halogens is 2. The first-order valence-corrected chi connectivity index (χ1v) is 10.7. The number of aryl methyl sites for hydroxylation is 2. The van der Waals surface area contributed by atoms with Gasteiger partial charge in [-0.3, -0.25) is 0 Å². The highest BCUT2D eigenvalue weighted by Crippen LogP contribution is 2.35. The van der Waals surface area contributed by atoms with Gasteiger partial charge in [-0.1, -0.05) is 40.2 Å². The Morgan fingerprint density at radius 1 is 1.13 bits per heavy atom. The Labute approximate surface area is 182 Å². The molecule has 1 fully saturated rings.